The Morgan fingerprint density at radius 3 is 2.90 bits per heavy atom. The molecule has 1 fully saturated rings. The van der Waals surface area contributed by atoms with Crippen LogP contribution in [0.4, 0.5) is 0 Å². The third-order valence-electron chi connectivity index (χ3n) is 3.99. The topological polar surface area (TPSA) is 34.2 Å². The van der Waals surface area contributed by atoms with Crippen LogP contribution in [0.15, 0.2) is 18.3 Å². The molecule has 0 spiro atoms. The Kier molecular flexibility index (Phi) is 5.84. The van der Waals surface area contributed by atoms with Gasteiger partial charge in [-0.25, -0.2) is 4.98 Å². The summed E-state index contributed by atoms with van der Waals surface area (Å²) >= 11 is 0. The highest BCUT2D eigenvalue weighted by Crippen LogP contribution is 2.27. The van der Waals surface area contributed by atoms with Crippen LogP contribution in [0.2, 0.25) is 0 Å². The lowest BCUT2D eigenvalue weighted by Gasteiger charge is -2.28. The van der Waals surface area contributed by atoms with Crippen LogP contribution in [0.25, 0.3) is 0 Å². The molecule has 20 heavy (non-hydrogen) atoms. The SMILES string of the molecule is CC(C)CNCc1ccnc(OC2CCCCC2C)c1. The minimum Gasteiger partial charge on any atom is -0.474 e. The normalized spacial score (nSPS) is 23.0. The van der Waals surface area contributed by atoms with E-state index in [0.717, 1.165) is 19.0 Å². The van der Waals surface area contributed by atoms with E-state index in [9.17, 15) is 0 Å². The maximum atomic E-state index is 6.10. The number of nitrogens with one attached hydrogen (secondary N) is 1. The first-order valence-corrected chi connectivity index (χ1v) is 7.97. The Hall–Kier alpha value is -1.09. The molecule has 0 amide bonds. The summed E-state index contributed by atoms with van der Waals surface area (Å²) in [6, 6.07) is 4.14. The minimum atomic E-state index is 0.343. The van der Waals surface area contributed by atoms with Crippen molar-refractivity contribution < 1.29 is 4.74 Å². The van der Waals surface area contributed by atoms with E-state index in [2.05, 4.69) is 43.2 Å². The quantitative estimate of drug-likeness (QED) is 0.858. The summed E-state index contributed by atoms with van der Waals surface area (Å²) in [5.41, 5.74) is 1.25. The van der Waals surface area contributed by atoms with Crippen LogP contribution in [-0.4, -0.2) is 17.6 Å². The van der Waals surface area contributed by atoms with Gasteiger partial charge in [0.2, 0.25) is 5.88 Å². The number of pyridine rings is 1. The van der Waals surface area contributed by atoms with Crippen molar-refractivity contribution in [2.24, 2.45) is 11.8 Å². The standard InChI is InChI=1S/C17H28N2O/c1-13(2)11-18-12-15-8-9-19-17(10-15)20-16-7-5-4-6-14(16)3/h8-10,13-14,16,18H,4-7,11-12H2,1-3H3. The third-order valence-corrected chi connectivity index (χ3v) is 3.99. The lowest BCUT2D eigenvalue weighted by atomic mass is 9.88. The van der Waals surface area contributed by atoms with Crippen molar-refractivity contribution >= 4 is 0 Å². The van der Waals surface area contributed by atoms with Gasteiger partial charge in [-0.3, -0.25) is 0 Å². The first-order chi connectivity index (χ1) is 9.65. The van der Waals surface area contributed by atoms with E-state index < -0.39 is 0 Å². The van der Waals surface area contributed by atoms with Gasteiger partial charge in [0.1, 0.15) is 6.10 Å². The van der Waals surface area contributed by atoms with E-state index in [-0.39, 0.29) is 0 Å². The molecular formula is C17H28N2O. The van der Waals surface area contributed by atoms with E-state index in [0.29, 0.717) is 17.9 Å². The van der Waals surface area contributed by atoms with Crippen molar-refractivity contribution in [1.82, 2.24) is 10.3 Å². The van der Waals surface area contributed by atoms with Gasteiger partial charge >= 0.3 is 0 Å². The van der Waals surface area contributed by atoms with Crippen molar-refractivity contribution in [2.45, 2.75) is 59.1 Å². The van der Waals surface area contributed by atoms with Crippen LogP contribution >= 0.6 is 0 Å². The predicted molar refractivity (Wildman–Crippen MR) is 82.8 cm³/mol. The van der Waals surface area contributed by atoms with Crippen molar-refractivity contribution in [3.05, 3.63) is 23.9 Å². The van der Waals surface area contributed by atoms with Crippen molar-refractivity contribution in [3.8, 4) is 5.88 Å². The fourth-order valence-corrected chi connectivity index (χ4v) is 2.74. The monoisotopic (exact) mass is 276 g/mol. The molecule has 0 radical (unpaired) electrons. The number of nitrogens with zero attached hydrogens (tertiary/aromatic N) is 1. The fourth-order valence-electron chi connectivity index (χ4n) is 2.74. The van der Waals surface area contributed by atoms with Gasteiger partial charge in [-0.1, -0.05) is 27.2 Å². The second-order valence-electron chi connectivity index (χ2n) is 6.45. The molecule has 3 nitrogen and oxygen atoms in total. The molecule has 2 atom stereocenters. The van der Waals surface area contributed by atoms with Gasteiger partial charge in [-0.15, -0.1) is 0 Å². The van der Waals surface area contributed by atoms with E-state index in [1.807, 2.05) is 6.20 Å². The second-order valence-corrected chi connectivity index (χ2v) is 6.45. The summed E-state index contributed by atoms with van der Waals surface area (Å²) in [5, 5.41) is 3.46. The molecule has 2 rings (SSSR count). The van der Waals surface area contributed by atoms with E-state index in [1.54, 1.807) is 0 Å². The molecule has 0 aliphatic heterocycles. The molecular weight excluding hydrogens is 248 g/mol. The Morgan fingerprint density at radius 1 is 1.35 bits per heavy atom. The van der Waals surface area contributed by atoms with Gasteiger partial charge in [0.05, 0.1) is 0 Å². The first kappa shape index (κ1) is 15.3. The highest BCUT2D eigenvalue weighted by Gasteiger charge is 2.23. The molecule has 2 unspecified atom stereocenters. The van der Waals surface area contributed by atoms with E-state index in [4.69, 9.17) is 4.74 Å². The molecule has 1 aromatic heterocycles. The van der Waals surface area contributed by atoms with E-state index >= 15 is 0 Å². The summed E-state index contributed by atoms with van der Waals surface area (Å²) in [5.74, 6) is 2.11. The molecule has 0 bridgehead atoms. The van der Waals surface area contributed by atoms with Crippen LogP contribution in [0.3, 0.4) is 0 Å². The second kappa shape index (κ2) is 7.63. The van der Waals surface area contributed by atoms with Crippen LogP contribution < -0.4 is 10.1 Å². The lowest BCUT2D eigenvalue weighted by Crippen LogP contribution is -2.28. The Balaban J connectivity index is 1.88. The maximum Gasteiger partial charge on any atom is 0.213 e. The zero-order chi connectivity index (χ0) is 14.4. The smallest absolute Gasteiger partial charge is 0.213 e. The maximum absolute atomic E-state index is 6.10. The van der Waals surface area contributed by atoms with Gasteiger partial charge in [0.15, 0.2) is 0 Å². The van der Waals surface area contributed by atoms with Crippen molar-refractivity contribution in [1.29, 1.82) is 0 Å². The molecule has 1 aromatic rings. The summed E-state index contributed by atoms with van der Waals surface area (Å²) in [4.78, 5) is 4.36. The molecule has 1 heterocycles. The molecule has 1 aliphatic rings. The zero-order valence-electron chi connectivity index (χ0n) is 13.1. The molecule has 3 heteroatoms. The highest BCUT2D eigenvalue weighted by molar-refractivity contribution is 5.20. The first-order valence-electron chi connectivity index (χ1n) is 7.97. The largest absolute Gasteiger partial charge is 0.474 e. The van der Waals surface area contributed by atoms with Gasteiger partial charge in [0, 0.05) is 18.8 Å². The lowest BCUT2D eigenvalue weighted by molar-refractivity contribution is 0.0975. The van der Waals surface area contributed by atoms with Crippen LogP contribution in [0.1, 0.15) is 52.0 Å². The van der Waals surface area contributed by atoms with Crippen molar-refractivity contribution in [3.63, 3.8) is 0 Å². The number of hydrogen-bond donors (Lipinski definition) is 1. The Morgan fingerprint density at radius 2 is 2.15 bits per heavy atom. The van der Waals surface area contributed by atoms with Crippen LogP contribution in [0, 0.1) is 11.8 Å². The molecule has 1 saturated carbocycles. The third kappa shape index (κ3) is 4.78. The van der Waals surface area contributed by atoms with Gasteiger partial charge in [-0.05, 0) is 49.3 Å². The fraction of sp³-hybridized carbons (Fsp3) is 0.706. The molecule has 112 valence electrons. The number of aromatic nitrogens is 1. The number of rotatable bonds is 6. The zero-order valence-corrected chi connectivity index (χ0v) is 13.1. The summed E-state index contributed by atoms with van der Waals surface area (Å²) in [6.07, 6.45) is 7.27. The average Bonchev–Trinajstić information content (AvgIpc) is 2.41. The van der Waals surface area contributed by atoms with Gasteiger partial charge in [-0.2, -0.15) is 0 Å². The summed E-state index contributed by atoms with van der Waals surface area (Å²) < 4.78 is 6.10. The Bertz CT molecular complexity index is 406. The number of ether oxygens (including phenoxy) is 1. The average molecular weight is 276 g/mol. The number of hydrogen-bond acceptors (Lipinski definition) is 3. The van der Waals surface area contributed by atoms with Crippen LogP contribution in [0.5, 0.6) is 5.88 Å². The van der Waals surface area contributed by atoms with Gasteiger partial charge < -0.3 is 10.1 Å². The van der Waals surface area contributed by atoms with Crippen molar-refractivity contribution in [2.75, 3.05) is 6.54 Å². The predicted octanol–water partition coefficient (Wildman–Crippen LogP) is 3.78. The van der Waals surface area contributed by atoms with E-state index in [1.165, 1.54) is 31.2 Å². The summed E-state index contributed by atoms with van der Waals surface area (Å²) in [7, 11) is 0. The molecule has 0 aromatic carbocycles. The summed E-state index contributed by atoms with van der Waals surface area (Å²) in [6.45, 7) is 8.66. The molecule has 1 N–H and O–H groups in total. The highest BCUT2D eigenvalue weighted by atomic mass is 16.5. The van der Waals surface area contributed by atoms with Crippen LogP contribution in [-0.2, 0) is 6.54 Å². The molecule has 0 saturated heterocycles. The van der Waals surface area contributed by atoms with Gasteiger partial charge in [0.25, 0.3) is 0 Å². The Labute approximate surface area is 123 Å². The minimum absolute atomic E-state index is 0.343. The molecule has 1 aliphatic carbocycles.